The molecule has 0 saturated heterocycles. The number of rotatable bonds is 18. The molecule has 0 aliphatic rings. The van der Waals surface area contributed by atoms with E-state index < -0.39 is 12.0 Å². The summed E-state index contributed by atoms with van der Waals surface area (Å²) in [6, 6.07) is 7.95. The first-order valence-corrected chi connectivity index (χ1v) is 13.6. The van der Waals surface area contributed by atoms with Gasteiger partial charge in [0.15, 0.2) is 17.5 Å². The van der Waals surface area contributed by atoms with Crippen LogP contribution in [0.5, 0.6) is 5.75 Å². The number of nitrogens with zero attached hydrogens (tertiary/aromatic N) is 4. The lowest BCUT2D eigenvalue weighted by Crippen LogP contribution is -2.38. The molecule has 13 nitrogen and oxygen atoms in total. The summed E-state index contributed by atoms with van der Waals surface area (Å²) in [4.78, 5) is 26.6. The fourth-order valence-corrected chi connectivity index (χ4v) is 3.82. The van der Waals surface area contributed by atoms with Crippen LogP contribution in [0.25, 0.3) is 0 Å². The van der Waals surface area contributed by atoms with E-state index in [0.717, 1.165) is 44.4 Å². The second-order valence-electron chi connectivity index (χ2n) is 9.50. The lowest BCUT2D eigenvalue weighted by molar-refractivity contribution is 0.0746. The minimum absolute atomic E-state index is 0.0151. The Kier molecular flexibility index (Phi) is 14.7. The molecule has 1 aromatic heterocycles. The summed E-state index contributed by atoms with van der Waals surface area (Å²) in [5.74, 6) is 0.268. The van der Waals surface area contributed by atoms with Crippen molar-refractivity contribution in [2.24, 2.45) is 10.7 Å². The number of ether oxygens (including phenoxy) is 1. The third-order valence-electron chi connectivity index (χ3n) is 6.22. The van der Waals surface area contributed by atoms with E-state index in [-0.39, 0.29) is 36.5 Å². The fraction of sp³-hybridized carbons (Fsp3) is 0.556. The van der Waals surface area contributed by atoms with Crippen molar-refractivity contribution in [3.05, 3.63) is 41.2 Å². The number of guanidine groups is 1. The zero-order valence-electron chi connectivity index (χ0n) is 23.3. The molecule has 13 heteroatoms. The van der Waals surface area contributed by atoms with E-state index in [4.69, 9.17) is 32.2 Å². The zero-order valence-corrected chi connectivity index (χ0v) is 23.3. The highest BCUT2D eigenvalue weighted by Gasteiger charge is 2.16. The van der Waals surface area contributed by atoms with Gasteiger partial charge in [0.05, 0.1) is 18.4 Å². The van der Waals surface area contributed by atoms with Gasteiger partial charge in [-0.25, -0.2) is 9.97 Å². The summed E-state index contributed by atoms with van der Waals surface area (Å²) in [6.45, 7) is 4.65. The molecule has 0 aliphatic heterocycles. The van der Waals surface area contributed by atoms with Crippen LogP contribution < -0.4 is 27.3 Å². The molecule has 0 saturated carbocycles. The van der Waals surface area contributed by atoms with Crippen LogP contribution in [0.15, 0.2) is 29.3 Å². The number of carbonyl (C=O) groups excluding carboxylic acids is 1. The number of aryl methyl sites for hydroxylation is 2. The first-order chi connectivity index (χ1) is 19.2. The normalized spacial score (nSPS) is 12.5. The Balaban J connectivity index is 1.69. The van der Waals surface area contributed by atoms with Gasteiger partial charge in [0, 0.05) is 26.2 Å². The maximum Gasteiger partial charge on any atom is 0.280 e. The number of hydrogen-bond acceptors (Lipinski definition) is 11. The molecule has 10 N–H and O–H groups in total. The summed E-state index contributed by atoms with van der Waals surface area (Å²) in [5, 5.41) is 30.2. The molecule has 0 bridgehead atoms. The number of nitrogen functional groups attached to an aromatic ring is 2. The summed E-state index contributed by atoms with van der Waals surface area (Å²) >= 11 is 0. The van der Waals surface area contributed by atoms with Crippen molar-refractivity contribution in [1.29, 1.82) is 0 Å². The number of aliphatic hydroxyl groups excluding tert-OH is 3. The zero-order chi connectivity index (χ0) is 29.3. The highest BCUT2D eigenvalue weighted by atomic mass is 16.5. The van der Waals surface area contributed by atoms with Crippen LogP contribution in [0.2, 0.25) is 0 Å². The molecule has 1 aromatic carbocycles. The second kappa shape index (κ2) is 17.9. The van der Waals surface area contributed by atoms with Crippen LogP contribution in [0, 0.1) is 6.92 Å². The molecule has 1 unspecified atom stereocenters. The maximum absolute atomic E-state index is 12.3. The van der Waals surface area contributed by atoms with Gasteiger partial charge >= 0.3 is 0 Å². The highest BCUT2D eigenvalue weighted by Crippen LogP contribution is 2.15. The average Bonchev–Trinajstić information content (AvgIpc) is 2.93. The predicted molar refractivity (Wildman–Crippen MR) is 155 cm³/mol. The lowest BCUT2D eigenvalue weighted by atomic mass is 10.1. The van der Waals surface area contributed by atoms with Crippen molar-refractivity contribution < 1.29 is 24.9 Å². The Morgan fingerprint density at radius 2 is 1.80 bits per heavy atom. The second-order valence-corrected chi connectivity index (χ2v) is 9.50. The fourth-order valence-electron chi connectivity index (χ4n) is 3.82. The number of unbranched alkanes of at least 4 members (excludes halogenated alkanes) is 2. The Morgan fingerprint density at radius 1 is 1.05 bits per heavy atom. The molecule has 0 fully saturated rings. The molecule has 2 rings (SSSR count). The number of aliphatic hydroxyl groups is 3. The highest BCUT2D eigenvalue weighted by molar-refractivity contribution is 6.06. The molecule has 1 amide bonds. The van der Waals surface area contributed by atoms with E-state index in [2.05, 4.69) is 25.2 Å². The number of amides is 1. The number of aliphatic imine (C=N–C) groups is 1. The number of nitrogens with one attached hydrogen (secondary N) is 1. The van der Waals surface area contributed by atoms with Crippen LogP contribution in [0.4, 0.5) is 11.6 Å². The van der Waals surface area contributed by atoms with Crippen LogP contribution in [0.3, 0.4) is 0 Å². The molecule has 2 aromatic rings. The van der Waals surface area contributed by atoms with Gasteiger partial charge in [0.25, 0.3) is 5.91 Å². The van der Waals surface area contributed by atoms with E-state index in [1.165, 1.54) is 5.56 Å². The largest absolute Gasteiger partial charge is 0.492 e. The van der Waals surface area contributed by atoms with Crippen LogP contribution >= 0.6 is 0 Å². The van der Waals surface area contributed by atoms with E-state index in [1.54, 1.807) is 6.92 Å². The van der Waals surface area contributed by atoms with Gasteiger partial charge in [0.2, 0.25) is 0 Å². The van der Waals surface area contributed by atoms with Gasteiger partial charge in [-0.2, -0.15) is 0 Å². The van der Waals surface area contributed by atoms with Crippen molar-refractivity contribution in [3.63, 3.8) is 0 Å². The quantitative estimate of drug-likeness (QED) is 0.0742. The summed E-state index contributed by atoms with van der Waals surface area (Å²) in [5.41, 5.74) is 18.7. The smallest absolute Gasteiger partial charge is 0.280 e. The molecule has 1 atom stereocenters. The number of hydrogen-bond donors (Lipinski definition) is 7. The molecular weight excluding hydrogens is 516 g/mol. The SMILES string of the molecule is Cc1nc(C(=O)NC(N)=NCCCCc2ccc(OCCN(CCCCO)CCC(O)CO)cc2)c(N)nc1N. The predicted octanol–water partition coefficient (Wildman–Crippen LogP) is 0.213. The van der Waals surface area contributed by atoms with E-state index in [1.807, 2.05) is 24.3 Å². The number of nitrogens with two attached hydrogens (primary N) is 3. The van der Waals surface area contributed by atoms with Gasteiger partial charge < -0.3 is 37.3 Å². The topological polar surface area (TPSA) is 218 Å². The maximum atomic E-state index is 12.3. The number of benzene rings is 1. The molecule has 40 heavy (non-hydrogen) atoms. The first kappa shape index (κ1) is 32.7. The Morgan fingerprint density at radius 3 is 2.50 bits per heavy atom. The van der Waals surface area contributed by atoms with Crippen LogP contribution in [0.1, 0.15) is 53.8 Å². The van der Waals surface area contributed by atoms with Gasteiger partial charge in [0.1, 0.15) is 18.2 Å². The van der Waals surface area contributed by atoms with Crippen LogP contribution in [-0.4, -0.2) is 94.2 Å². The van der Waals surface area contributed by atoms with Gasteiger partial charge in [-0.05, 0) is 69.7 Å². The van der Waals surface area contributed by atoms with E-state index in [0.29, 0.717) is 38.4 Å². The number of carbonyl (C=O) groups is 1. The molecule has 0 spiro atoms. The van der Waals surface area contributed by atoms with Crippen LogP contribution in [-0.2, 0) is 6.42 Å². The first-order valence-electron chi connectivity index (χ1n) is 13.6. The summed E-state index contributed by atoms with van der Waals surface area (Å²) in [7, 11) is 0. The van der Waals surface area contributed by atoms with Crippen molar-refractivity contribution >= 4 is 23.5 Å². The van der Waals surface area contributed by atoms with Gasteiger partial charge in [-0.1, -0.05) is 12.1 Å². The van der Waals surface area contributed by atoms with Crippen molar-refractivity contribution in [3.8, 4) is 5.75 Å². The van der Waals surface area contributed by atoms with Crippen molar-refractivity contribution in [1.82, 2.24) is 20.2 Å². The van der Waals surface area contributed by atoms with Gasteiger partial charge in [-0.15, -0.1) is 0 Å². The molecule has 222 valence electrons. The standard InChI is InChI=1S/C27H44N8O5/c1-19-24(28)33-25(29)23(32-19)26(39)34-27(30)31-12-3-2-6-20-7-9-22(10-8-20)40-17-15-35(13-4-5-16-36)14-11-21(38)18-37/h7-10,21,36-38H,2-6,11-18H2,1H3,(H4,28,29,33)(H3,30,31,34,39). The Hall–Kier alpha value is -3.52. The minimum atomic E-state index is -0.723. The van der Waals surface area contributed by atoms with E-state index >= 15 is 0 Å². The molecular formula is C27H44N8O5. The molecule has 1 heterocycles. The number of aromatic nitrogens is 2. The summed E-state index contributed by atoms with van der Waals surface area (Å²) < 4.78 is 5.89. The third-order valence-corrected chi connectivity index (χ3v) is 6.22. The Bertz CT molecular complexity index is 1070. The number of anilines is 2. The Labute approximate surface area is 235 Å². The molecule has 0 aliphatic carbocycles. The average molecular weight is 561 g/mol. The monoisotopic (exact) mass is 560 g/mol. The third kappa shape index (κ3) is 12.1. The lowest BCUT2D eigenvalue weighted by Gasteiger charge is -2.23. The van der Waals surface area contributed by atoms with E-state index in [9.17, 15) is 9.90 Å². The minimum Gasteiger partial charge on any atom is -0.492 e. The molecule has 0 radical (unpaired) electrons. The van der Waals surface area contributed by atoms with Crippen molar-refractivity contribution in [2.75, 3.05) is 57.5 Å². The van der Waals surface area contributed by atoms with Crippen molar-refractivity contribution in [2.45, 2.75) is 51.6 Å². The summed E-state index contributed by atoms with van der Waals surface area (Å²) in [6.07, 6.45) is 3.90. The van der Waals surface area contributed by atoms with Gasteiger partial charge in [-0.3, -0.25) is 20.0 Å².